The quantitative estimate of drug-likeness (QED) is 0.692. The van der Waals surface area contributed by atoms with Crippen molar-refractivity contribution in [2.45, 2.75) is 0 Å². The largest absolute Gasteiger partial charge is 0.373 e. The van der Waals surface area contributed by atoms with Gasteiger partial charge in [-0.1, -0.05) is 30.3 Å². The fourth-order valence-corrected chi connectivity index (χ4v) is 2.38. The number of hydrogen-bond donors (Lipinski definition) is 3. The van der Waals surface area contributed by atoms with Gasteiger partial charge in [0.2, 0.25) is 0 Å². The van der Waals surface area contributed by atoms with E-state index in [0.717, 1.165) is 22.6 Å². The number of carbonyl (C=O) groups excluding carboxylic acids is 1. The number of carbonyl (C=O) groups is 1. The summed E-state index contributed by atoms with van der Waals surface area (Å²) in [6.07, 6.45) is 1.49. The Kier molecular flexibility index (Phi) is 4.05. The van der Waals surface area contributed by atoms with Crippen molar-refractivity contribution in [1.29, 1.82) is 0 Å². The van der Waals surface area contributed by atoms with Crippen LogP contribution in [0.1, 0.15) is 10.4 Å². The van der Waals surface area contributed by atoms with Crippen molar-refractivity contribution >= 4 is 11.7 Å². The molecule has 6 nitrogen and oxygen atoms in total. The molecule has 6 heteroatoms. The summed E-state index contributed by atoms with van der Waals surface area (Å²) in [5, 5.41) is 5.65. The molecule has 0 saturated heterocycles. The van der Waals surface area contributed by atoms with E-state index < -0.39 is 0 Å². The smallest absolute Gasteiger partial charge is 0.253 e. The monoisotopic (exact) mass is 307 g/mol. The van der Waals surface area contributed by atoms with Crippen molar-refractivity contribution < 1.29 is 4.79 Å². The van der Waals surface area contributed by atoms with Crippen molar-refractivity contribution in [3.63, 3.8) is 0 Å². The van der Waals surface area contributed by atoms with Gasteiger partial charge in [-0.15, -0.1) is 0 Å². The summed E-state index contributed by atoms with van der Waals surface area (Å²) >= 11 is 0. The molecule has 23 heavy (non-hydrogen) atoms. The number of rotatable bonds is 4. The van der Waals surface area contributed by atoms with Crippen LogP contribution in [-0.4, -0.2) is 35.0 Å². The van der Waals surface area contributed by atoms with Crippen molar-refractivity contribution in [2.24, 2.45) is 0 Å². The third-order valence-corrected chi connectivity index (χ3v) is 3.55. The van der Waals surface area contributed by atoms with Crippen LogP contribution >= 0.6 is 0 Å². The lowest BCUT2D eigenvalue weighted by atomic mass is 10.1. The molecule has 1 amide bonds. The first-order chi connectivity index (χ1) is 11.2. The Bertz CT molecular complexity index is 826. The highest BCUT2D eigenvalue weighted by atomic mass is 16.1. The number of H-pyrrole nitrogens is 1. The standard InChI is InChI=1S/C17H17N5O/c1-18-15-9-13(20-10-21-15)14-8-12(17(23)19-2)16(22-14)11-6-4-3-5-7-11/h3-10,22H,1-2H3,(H,19,23)(H,18,20,21). The summed E-state index contributed by atoms with van der Waals surface area (Å²) in [4.78, 5) is 23.9. The molecule has 3 N–H and O–H groups in total. The number of nitrogens with one attached hydrogen (secondary N) is 3. The van der Waals surface area contributed by atoms with Crippen LogP contribution in [0.4, 0.5) is 5.82 Å². The Hall–Kier alpha value is -3.15. The Balaban J connectivity index is 2.13. The molecule has 3 rings (SSSR count). The van der Waals surface area contributed by atoms with Gasteiger partial charge in [-0.25, -0.2) is 9.97 Å². The van der Waals surface area contributed by atoms with Crippen LogP contribution in [0.5, 0.6) is 0 Å². The molecule has 0 bridgehead atoms. The number of hydrogen-bond acceptors (Lipinski definition) is 4. The molecule has 0 atom stereocenters. The second kappa shape index (κ2) is 6.31. The number of aromatic nitrogens is 3. The van der Waals surface area contributed by atoms with E-state index >= 15 is 0 Å². The summed E-state index contributed by atoms with van der Waals surface area (Å²) in [6.45, 7) is 0. The molecule has 0 aliphatic rings. The SMILES string of the molecule is CNC(=O)c1cc(-c2cc(NC)ncn2)[nH]c1-c1ccccc1. The fourth-order valence-electron chi connectivity index (χ4n) is 2.38. The van der Waals surface area contributed by atoms with Crippen LogP contribution in [0.15, 0.2) is 48.8 Å². The molecule has 0 spiro atoms. The van der Waals surface area contributed by atoms with E-state index in [9.17, 15) is 4.79 Å². The topological polar surface area (TPSA) is 82.7 Å². The number of nitrogens with zero attached hydrogens (tertiary/aromatic N) is 2. The Morgan fingerprint density at radius 1 is 1.09 bits per heavy atom. The first-order valence-electron chi connectivity index (χ1n) is 7.23. The van der Waals surface area contributed by atoms with Crippen LogP contribution < -0.4 is 10.6 Å². The van der Waals surface area contributed by atoms with E-state index in [1.165, 1.54) is 6.33 Å². The third kappa shape index (κ3) is 2.91. The van der Waals surface area contributed by atoms with Crippen LogP contribution in [0.25, 0.3) is 22.6 Å². The van der Waals surface area contributed by atoms with Crippen molar-refractivity contribution in [3.8, 4) is 22.6 Å². The maximum atomic E-state index is 12.2. The van der Waals surface area contributed by atoms with E-state index in [4.69, 9.17) is 0 Å². The molecule has 3 aromatic rings. The van der Waals surface area contributed by atoms with Crippen LogP contribution in [-0.2, 0) is 0 Å². The zero-order chi connectivity index (χ0) is 16.2. The number of aromatic amines is 1. The molecule has 0 radical (unpaired) electrons. The summed E-state index contributed by atoms with van der Waals surface area (Å²) in [5.41, 5.74) is 3.78. The summed E-state index contributed by atoms with van der Waals surface area (Å²) < 4.78 is 0. The highest BCUT2D eigenvalue weighted by Gasteiger charge is 2.17. The summed E-state index contributed by atoms with van der Waals surface area (Å²) in [6, 6.07) is 13.4. The van der Waals surface area contributed by atoms with Crippen LogP contribution in [0, 0.1) is 0 Å². The normalized spacial score (nSPS) is 10.3. The van der Waals surface area contributed by atoms with Crippen LogP contribution in [0.2, 0.25) is 0 Å². The van der Waals surface area contributed by atoms with Crippen LogP contribution in [0.3, 0.4) is 0 Å². The maximum absolute atomic E-state index is 12.2. The minimum absolute atomic E-state index is 0.144. The zero-order valence-corrected chi connectivity index (χ0v) is 12.9. The molecule has 0 unspecified atom stereocenters. The number of benzene rings is 1. The van der Waals surface area contributed by atoms with Gasteiger partial charge in [0, 0.05) is 20.2 Å². The molecule has 2 aromatic heterocycles. The number of amides is 1. The van der Waals surface area contributed by atoms with Gasteiger partial charge in [0.25, 0.3) is 5.91 Å². The minimum atomic E-state index is -0.144. The van der Waals surface area contributed by atoms with Gasteiger partial charge in [-0.2, -0.15) is 0 Å². The first-order valence-corrected chi connectivity index (χ1v) is 7.23. The summed E-state index contributed by atoms with van der Waals surface area (Å²) in [5.74, 6) is 0.571. The van der Waals surface area contributed by atoms with E-state index in [-0.39, 0.29) is 5.91 Å². The van der Waals surface area contributed by atoms with Crippen molar-refractivity contribution in [1.82, 2.24) is 20.3 Å². The number of anilines is 1. The lowest BCUT2D eigenvalue weighted by molar-refractivity contribution is 0.0964. The molecule has 2 heterocycles. The molecule has 0 saturated carbocycles. The van der Waals surface area contributed by atoms with Crippen molar-refractivity contribution in [3.05, 3.63) is 54.4 Å². The Labute approximate surface area is 134 Å². The van der Waals surface area contributed by atoms with Gasteiger partial charge in [0.1, 0.15) is 12.1 Å². The van der Waals surface area contributed by atoms with Gasteiger partial charge in [0.05, 0.1) is 22.6 Å². The van der Waals surface area contributed by atoms with E-state index in [2.05, 4.69) is 25.6 Å². The first kappa shape index (κ1) is 14.8. The Morgan fingerprint density at radius 2 is 1.87 bits per heavy atom. The highest BCUT2D eigenvalue weighted by Crippen LogP contribution is 2.28. The highest BCUT2D eigenvalue weighted by molar-refractivity contribution is 6.01. The fraction of sp³-hybridized carbons (Fsp3) is 0.118. The minimum Gasteiger partial charge on any atom is -0.373 e. The second-order valence-corrected chi connectivity index (χ2v) is 4.96. The molecule has 0 fully saturated rings. The summed E-state index contributed by atoms with van der Waals surface area (Å²) in [7, 11) is 3.42. The molecule has 116 valence electrons. The van der Waals surface area contributed by atoms with E-state index in [1.54, 1.807) is 14.1 Å². The van der Waals surface area contributed by atoms with Gasteiger partial charge in [-0.3, -0.25) is 4.79 Å². The average molecular weight is 307 g/mol. The lowest BCUT2D eigenvalue weighted by Crippen LogP contribution is -2.17. The van der Waals surface area contributed by atoms with Crippen molar-refractivity contribution in [2.75, 3.05) is 19.4 Å². The van der Waals surface area contributed by atoms with E-state index in [0.29, 0.717) is 11.4 Å². The molecule has 0 aliphatic heterocycles. The lowest BCUT2D eigenvalue weighted by Gasteiger charge is -2.03. The van der Waals surface area contributed by atoms with Gasteiger partial charge in [-0.05, 0) is 11.6 Å². The molecule has 0 aliphatic carbocycles. The second-order valence-electron chi connectivity index (χ2n) is 4.96. The zero-order valence-electron chi connectivity index (χ0n) is 12.9. The maximum Gasteiger partial charge on any atom is 0.253 e. The van der Waals surface area contributed by atoms with Gasteiger partial charge >= 0.3 is 0 Å². The predicted molar refractivity (Wildman–Crippen MR) is 90.2 cm³/mol. The molecule has 1 aromatic carbocycles. The average Bonchev–Trinajstić information content (AvgIpc) is 3.07. The predicted octanol–water partition coefficient (Wildman–Crippen LogP) is 2.54. The third-order valence-electron chi connectivity index (χ3n) is 3.55. The van der Waals surface area contributed by atoms with E-state index in [1.807, 2.05) is 42.5 Å². The van der Waals surface area contributed by atoms with Gasteiger partial charge < -0.3 is 15.6 Å². The Morgan fingerprint density at radius 3 is 2.57 bits per heavy atom. The molecular formula is C17H17N5O. The molecular weight excluding hydrogens is 290 g/mol. The van der Waals surface area contributed by atoms with Gasteiger partial charge in [0.15, 0.2) is 0 Å².